The quantitative estimate of drug-likeness (QED) is 0.255. The number of anilines is 1. The minimum absolute atomic E-state index is 0.0276. The van der Waals surface area contributed by atoms with Crippen molar-refractivity contribution in [3.63, 3.8) is 0 Å². The van der Waals surface area contributed by atoms with E-state index in [1.54, 1.807) is 19.1 Å². The molecule has 37 heavy (non-hydrogen) atoms. The second-order valence-corrected chi connectivity index (χ2v) is 10.5. The molecule has 1 aliphatic heterocycles. The summed E-state index contributed by atoms with van der Waals surface area (Å²) in [5.41, 5.74) is 0.194. The highest BCUT2D eigenvalue weighted by Crippen LogP contribution is 2.47. The Bertz CT molecular complexity index is 1150. The summed E-state index contributed by atoms with van der Waals surface area (Å²) in [5.74, 6) is -3.84. The predicted molar refractivity (Wildman–Crippen MR) is 129 cm³/mol. The minimum Gasteiger partial charge on any atom is -0.488 e. The van der Waals surface area contributed by atoms with Crippen molar-refractivity contribution >= 4 is 23.6 Å². The molecule has 0 atom stereocenters. The number of likely N-dealkylation sites (N-methyl/N-ethyl adjacent to an activating group) is 1. The van der Waals surface area contributed by atoms with Crippen LogP contribution in [0.25, 0.3) is 0 Å². The van der Waals surface area contributed by atoms with E-state index < -0.39 is 23.6 Å². The van der Waals surface area contributed by atoms with Gasteiger partial charge in [-0.25, -0.2) is 22.9 Å². The van der Waals surface area contributed by atoms with Crippen LogP contribution in [0.4, 0.5) is 27.6 Å². The number of esters is 1. The highest BCUT2D eigenvalue weighted by Gasteiger charge is 2.40. The van der Waals surface area contributed by atoms with E-state index in [-0.39, 0.29) is 55.3 Å². The van der Waals surface area contributed by atoms with Crippen LogP contribution in [-0.4, -0.2) is 54.5 Å². The summed E-state index contributed by atoms with van der Waals surface area (Å²) >= 11 is 1.28. The number of carbonyl (C=O) groups is 1. The Morgan fingerprint density at radius 1 is 1.19 bits per heavy atom. The van der Waals surface area contributed by atoms with Gasteiger partial charge in [0.2, 0.25) is 5.92 Å². The number of aromatic nitrogens is 1. The molecule has 0 saturated heterocycles. The molecule has 6 nitrogen and oxygen atoms in total. The Labute approximate surface area is 216 Å². The zero-order chi connectivity index (χ0) is 27.0. The van der Waals surface area contributed by atoms with Crippen LogP contribution in [-0.2, 0) is 17.5 Å². The van der Waals surface area contributed by atoms with Crippen LogP contribution in [0.2, 0.25) is 0 Å². The van der Waals surface area contributed by atoms with Gasteiger partial charge in [0.15, 0.2) is 5.69 Å². The summed E-state index contributed by atoms with van der Waals surface area (Å²) in [6, 6.07) is 5.31. The molecular formula is C25H28F5N3O3S. The van der Waals surface area contributed by atoms with Gasteiger partial charge in [-0.1, -0.05) is 6.07 Å². The second kappa shape index (κ2) is 10.6. The van der Waals surface area contributed by atoms with Crippen molar-refractivity contribution < 1.29 is 36.2 Å². The summed E-state index contributed by atoms with van der Waals surface area (Å²) in [7, 11) is 3.02. The zero-order valence-electron chi connectivity index (χ0n) is 20.7. The Hall–Kier alpha value is -2.60. The number of carbonyl (C=O) groups excluding carboxylic acids is 1. The SMILES string of the molecule is COC(=O)c1nc(C)ccc1COc1cc2c(cc1C(F)(F)F)N(C1CCC(F)(F)CC1)CCN(C)S2. The molecule has 0 amide bonds. The molecule has 4 rings (SSSR count). The first-order valence-corrected chi connectivity index (χ1v) is 12.6. The Morgan fingerprint density at radius 2 is 1.89 bits per heavy atom. The van der Waals surface area contributed by atoms with Gasteiger partial charge in [0.1, 0.15) is 12.4 Å². The molecule has 0 N–H and O–H groups in total. The fraction of sp³-hybridized carbons (Fsp3) is 0.520. The maximum absolute atomic E-state index is 14.2. The predicted octanol–water partition coefficient (Wildman–Crippen LogP) is 6.11. The van der Waals surface area contributed by atoms with Gasteiger partial charge in [-0.05, 0) is 57.0 Å². The van der Waals surface area contributed by atoms with Gasteiger partial charge < -0.3 is 14.4 Å². The summed E-state index contributed by atoms with van der Waals surface area (Å²) in [5, 5.41) is 0. The number of nitrogens with zero attached hydrogens (tertiary/aromatic N) is 3. The molecule has 1 aromatic carbocycles. The summed E-state index contributed by atoms with van der Waals surface area (Å²) in [6.45, 7) is 2.31. The van der Waals surface area contributed by atoms with Crippen LogP contribution in [0, 0.1) is 6.92 Å². The highest BCUT2D eigenvalue weighted by atomic mass is 32.2. The van der Waals surface area contributed by atoms with Crippen LogP contribution < -0.4 is 9.64 Å². The lowest BCUT2D eigenvalue weighted by atomic mass is 9.90. The summed E-state index contributed by atoms with van der Waals surface area (Å²) in [4.78, 5) is 18.6. The Balaban J connectivity index is 1.70. The lowest BCUT2D eigenvalue weighted by molar-refractivity contribution is -0.139. The summed E-state index contributed by atoms with van der Waals surface area (Å²) < 4.78 is 82.5. The van der Waals surface area contributed by atoms with Crippen LogP contribution in [0.3, 0.4) is 0 Å². The van der Waals surface area contributed by atoms with Crippen molar-refractivity contribution in [2.45, 2.75) is 62.3 Å². The van der Waals surface area contributed by atoms with Crippen molar-refractivity contribution in [3.8, 4) is 5.75 Å². The summed E-state index contributed by atoms with van der Waals surface area (Å²) in [6.07, 6.45) is -4.89. The van der Waals surface area contributed by atoms with E-state index in [4.69, 9.17) is 9.47 Å². The molecule has 2 aliphatic rings. The van der Waals surface area contributed by atoms with Gasteiger partial charge in [0, 0.05) is 43.2 Å². The minimum atomic E-state index is -4.73. The van der Waals surface area contributed by atoms with Crippen molar-refractivity contribution in [1.29, 1.82) is 0 Å². The number of benzene rings is 1. The molecule has 2 heterocycles. The monoisotopic (exact) mass is 545 g/mol. The van der Waals surface area contributed by atoms with Gasteiger partial charge in [-0.2, -0.15) is 13.2 Å². The highest BCUT2D eigenvalue weighted by molar-refractivity contribution is 7.97. The van der Waals surface area contributed by atoms with E-state index in [9.17, 15) is 26.7 Å². The molecule has 0 bridgehead atoms. The first-order valence-electron chi connectivity index (χ1n) is 11.8. The molecule has 0 radical (unpaired) electrons. The average Bonchev–Trinajstić information content (AvgIpc) is 2.99. The number of rotatable bonds is 5. The van der Waals surface area contributed by atoms with E-state index in [1.165, 1.54) is 25.1 Å². The van der Waals surface area contributed by atoms with Gasteiger partial charge in [0.05, 0.1) is 23.3 Å². The molecule has 1 fully saturated rings. The first-order chi connectivity index (χ1) is 17.4. The van der Waals surface area contributed by atoms with E-state index >= 15 is 0 Å². The lowest BCUT2D eigenvalue weighted by Gasteiger charge is -2.38. The fourth-order valence-electron chi connectivity index (χ4n) is 4.62. The van der Waals surface area contributed by atoms with Crippen LogP contribution >= 0.6 is 11.9 Å². The maximum atomic E-state index is 14.2. The largest absolute Gasteiger partial charge is 0.488 e. The number of methoxy groups -OCH3 is 1. The van der Waals surface area contributed by atoms with Crippen LogP contribution in [0.1, 0.15) is 53.0 Å². The number of hydrogen-bond donors (Lipinski definition) is 0. The number of fused-ring (bicyclic) bond motifs is 1. The standard InChI is InChI=1S/C25H28F5N3O3S/c1-15-4-5-16(22(31-15)23(34)35-3)14-36-20-13-21-19(12-18(20)25(28,29)30)33(11-10-32(2)37-21)17-6-8-24(26,27)9-7-17/h4-5,12-13,17H,6-11,14H2,1-3H3. The van der Waals surface area contributed by atoms with Crippen molar-refractivity contribution in [1.82, 2.24) is 9.29 Å². The van der Waals surface area contributed by atoms with E-state index in [0.717, 1.165) is 6.07 Å². The molecule has 12 heteroatoms. The third-order valence-electron chi connectivity index (χ3n) is 6.59. The number of pyridine rings is 1. The van der Waals surface area contributed by atoms with Crippen molar-refractivity contribution in [2.75, 3.05) is 32.1 Å². The number of ether oxygens (including phenoxy) is 2. The third kappa shape index (κ3) is 6.28. The maximum Gasteiger partial charge on any atom is 0.420 e. The number of halogens is 5. The second-order valence-electron chi connectivity index (χ2n) is 9.28. The Kier molecular flexibility index (Phi) is 7.89. The lowest BCUT2D eigenvalue weighted by Crippen LogP contribution is -2.43. The molecular weight excluding hydrogens is 517 g/mol. The molecule has 1 aliphatic carbocycles. The molecule has 1 saturated carbocycles. The number of hydrogen-bond acceptors (Lipinski definition) is 7. The fourth-order valence-corrected chi connectivity index (χ4v) is 5.56. The average molecular weight is 546 g/mol. The first kappa shape index (κ1) is 27.4. The van der Waals surface area contributed by atoms with E-state index in [2.05, 4.69) is 4.98 Å². The molecule has 202 valence electrons. The van der Waals surface area contributed by atoms with E-state index in [0.29, 0.717) is 29.4 Å². The third-order valence-corrected chi connectivity index (χ3v) is 7.61. The molecule has 0 unspecified atom stereocenters. The number of aryl methyl sites for hydroxylation is 1. The van der Waals surface area contributed by atoms with Gasteiger partial charge in [-0.15, -0.1) is 0 Å². The zero-order valence-corrected chi connectivity index (χ0v) is 21.5. The topological polar surface area (TPSA) is 54.9 Å². The van der Waals surface area contributed by atoms with Crippen LogP contribution in [0.15, 0.2) is 29.2 Å². The molecule has 2 aromatic rings. The Morgan fingerprint density at radius 3 is 2.54 bits per heavy atom. The van der Waals surface area contributed by atoms with E-state index in [1.807, 2.05) is 16.3 Å². The van der Waals surface area contributed by atoms with Crippen molar-refractivity contribution in [3.05, 3.63) is 46.8 Å². The van der Waals surface area contributed by atoms with Crippen LogP contribution in [0.5, 0.6) is 5.75 Å². The molecule has 1 aromatic heterocycles. The van der Waals surface area contributed by atoms with Gasteiger partial charge in [-0.3, -0.25) is 0 Å². The van der Waals surface area contributed by atoms with Gasteiger partial charge in [0.25, 0.3) is 0 Å². The van der Waals surface area contributed by atoms with Gasteiger partial charge >= 0.3 is 12.1 Å². The number of alkyl halides is 5. The smallest absolute Gasteiger partial charge is 0.420 e. The van der Waals surface area contributed by atoms with Crippen molar-refractivity contribution in [2.24, 2.45) is 0 Å². The normalized spacial score (nSPS) is 18.8. The molecule has 0 spiro atoms.